The van der Waals surface area contributed by atoms with E-state index in [1.807, 2.05) is 46.1 Å². The van der Waals surface area contributed by atoms with Gasteiger partial charge in [-0.25, -0.2) is 4.68 Å². The fourth-order valence-corrected chi connectivity index (χ4v) is 3.37. The second-order valence-electron chi connectivity index (χ2n) is 6.32. The van der Waals surface area contributed by atoms with E-state index in [-0.39, 0.29) is 11.9 Å². The van der Waals surface area contributed by atoms with Crippen LogP contribution in [0.2, 0.25) is 0 Å². The highest BCUT2D eigenvalue weighted by molar-refractivity contribution is 5.79. The Morgan fingerprint density at radius 2 is 2.13 bits per heavy atom. The molecule has 5 nitrogen and oxygen atoms in total. The van der Waals surface area contributed by atoms with Crippen LogP contribution in [0.25, 0.3) is 5.69 Å². The van der Waals surface area contributed by atoms with Crippen LogP contribution < -0.4 is 5.73 Å². The fraction of sp³-hybridized carbons (Fsp3) is 0.444. The summed E-state index contributed by atoms with van der Waals surface area (Å²) in [5.41, 5.74) is 7.82. The highest BCUT2D eigenvalue weighted by atomic mass is 16.2. The third-order valence-electron chi connectivity index (χ3n) is 4.69. The number of para-hydroxylation sites is 1. The van der Waals surface area contributed by atoms with Crippen molar-refractivity contribution in [1.29, 1.82) is 0 Å². The summed E-state index contributed by atoms with van der Waals surface area (Å²) in [7, 11) is 0. The molecule has 0 unspecified atom stereocenters. The molecular formula is C18H24N4O. The fourth-order valence-electron chi connectivity index (χ4n) is 3.37. The van der Waals surface area contributed by atoms with E-state index < -0.39 is 0 Å². The minimum absolute atomic E-state index is 0.152. The van der Waals surface area contributed by atoms with Crippen molar-refractivity contribution in [2.75, 3.05) is 13.1 Å². The molecule has 0 radical (unpaired) electrons. The summed E-state index contributed by atoms with van der Waals surface area (Å²) in [6.07, 6.45) is 6.30. The largest absolute Gasteiger partial charge is 0.338 e. The Kier molecular flexibility index (Phi) is 4.76. The molecule has 2 atom stereocenters. The number of rotatable bonds is 4. The van der Waals surface area contributed by atoms with E-state index in [1.54, 1.807) is 6.20 Å². The van der Waals surface area contributed by atoms with Gasteiger partial charge in [0, 0.05) is 25.3 Å². The number of nitrogens with zero attached hydrogens (tertiary/aromatic N) is 3. The monoisotopic (exact) mass is 312 g/mol. The first-order chi connectivity index (χ1) is 11.2. The average molecular weight is 312 g/mol. The number of hydrogen-bond acceptors (Lipinski definition) is 3. The maximum atomic E-state index is 12.7. The predicted octanol–water partition coefficient (Wildman–Crippen LogP) is 2.00. The highest BCUT2D eigenvalue weighted by Gasteiger charge is 2.30. The van der Waals surface area contributed by atoms with Gasteiger partial charge in [0.15, 0.2) is 0 Å². The van der Waals surface area contributed by atoms with Crippen LogP contribution in [0.1, 0.15) is 25.3 Å². The summed E-state index contributed by atoms with van der Waals surface area (Å²) < 4.78 is 1.81. The zero-order valence-electron chi connectivity index (χ0n) is 13.6. The molecule has 0 saturated carbocycles. The molecular weight excluding hydrogens is 288 g/mol. The summed E-state index contributed by atoms with van der Waals surface area (Å²) in [6, 6.07) is 10.1. The molecule has 1 amide bonds. The van der Waals surface area contributed by atoms with Crippen molar-refractivity contribution in [3.05, 3.63) is 48.3 Å². The lowest BCUT2D eigenvalue weighted by Gasteiger charge is -2.39. The Bertz CT molecular complexity index is 652. The Hall–Kier alpha value is -2.14. The van der Waals surface area contributed by atoms with E-state index >= 15 is 0 Å². The van der Waals surface area contributed by atoms with E-state index in [1.165, 1.54) is 0 Å². The molecule has 1 aromatic carbocycles. The Labute approximate surface area is 137 Å². The highest BCUT2D eigenvalue weighted by Crippen LogP contribution is 2.23. The first-order valence-corrected chi connectivity index (χ1v) is 8.27. The van der Waals surface area contributed by atoms with Crippen LogP contribution in [0, 0.1) is 5.92 Å². The SMILES string of the molecule is C[C@@H]1CCCN(C(=O)Cc2cnn(-c3ccccc3)c2)[C@H]1CN. The summed E-state index contributed by atoms with van der Waals surface area (Å²) in [4.78, 5) is 14.6. The van der Waals surface area contributed by atoms with Crippen molar-refractivity contribution in [1.82, 2.24) is 14.7 Å². The number of piperidine rings is 1. The molecule has 2 aromatic rings. The summed E-state index contributed by atoms with van der Waals surface area (Å²) >= 11 is 0. The molecule has 1 saturated heterocycles. The maximum Gasteiger partial charge on any atom is 0.227 e. The van der Waals surface area contributed by atoms with E-state index in [9.17, 15) is 4.79 Å². The van der Waals surface area contributed by atoms with Crippen LogP contribution in [-0.2, 0) is 11.2 Å². The third kappa shape index (κ3) is 3.45. The van der Waals surface area contributed by atoms with Gasteiger partial charge in [-0.05, 0) is 36.5 Å². The van der Waals surface area contributed by atoms with Gasteiger partial charge >= 0.3 is 0 Å². The molecule has 0 spiro atoms. The molecule has 0 bridgehead atoms. The lowest BCUT2D eigenvalue weighted by molar-refractivity contribution is -0.135. The standard InChI is InChI=1S/C18H24N4O/c1-14-6-5-9-21(17(14)11-19)18(23)10-15-12-20-22(13-15)16-7-3-2-4-8-16/h2-4,7-8,12-14,17H,5-6,9-11,19H2,1H3/t14-,17+/m1/s1. The van der Waals surface area contributed by atoms with E-state index in [2.05, 4.69) is 12.0 Å². The third-order valence-corrected chi connectivity index (χ3v) is 4.69. The van der Waals surface area contributed by atoms with Gasteiger partial charge in [-0.15, -0.1) is 0 Å². The lowest BCUT2D eigenvalue weighted by atomic mass is 9.90. The molecule has 3 rings (SSSR count). The van der Waals surface area contributed by atoms with E-state index in [0.29, 0.717) is 18.9 Å². The van der Waals surface area contributed by atoms with Gasteiger partial charge in [0.2, 0.25) is 5.91 Å². The smallest absolute Gasteiger partial charge is 0.227 e. The van der Waals surface area contributed by atoms with Gasteiger partial charge in [-0.2, -0.15) is 5.10 Å². The van der Waals surface area contributed by atoms with Gasteiger partial charge in [0.05, 0.1) is 18.3 Å². The number of hydrogen-bond donors (Lipinski definition) is 1. The molecule has 1 aliphatic rings. The quantitative estimate of drug-likeness (QED) is 0.939. The van der Waals surface area contributed by atoms with E-state index in [0.717, 1.165) is 30.6 Å². The van der Waals surface area contributed by atoms with Crippen LogP contribution in [0.15, 0.2) is 42.7 Å². The summed E-state index contributed by atoms with van der Waals surface area (Å²) in [5, 5.41) is 4.36. The zero-order valence-corrected chi connectivity index (χ0v) is 13.6. The van der Waals surface area contributed by atoms with Crippen LogP contribution in [0.4, 0.5) is 0 Å². The second-order valence-corrected chi connectivity index (χ2v) is 6.32. The molecule has 5 heteroatoms. The number of amides is 1. The Morgan fingerprint density at radius 3 is 2.87 bits per heavy atom. The Balaban J connectivity index is 1.69. The van der Waals surface area contributed by atoms with Gasteiger partial charge < -0.3 is 10.6 Å². The molecule has 1 aromatic heterocycles. The van der Waals surface area contributed by atoms with Crippen LogP contribution in [0.3, 0.4) is 0 Å². The number of aromatic nitrogens is 2. The minimum atomic E-state index is 0.152. The van der Waals surface area contributed by atoms with Crippen molar-refractivity contribution in [3.63, 3.8) is 0 Å². The number of carbonyl (C=O) groups excluding carboxylic acids is 1. The molecule has 122 valence electrons. The molecule has 23 heavy (non-hydrogen) atoms. The average Bonchev–Trinajstić information content (AvgIpc) is 3.04. The van der Waals surface area contributed by atoms with Crippen LogP contribution >= 0.6 is 0 Å². The topological polar surface area (TPSA) is 64.2 Å². The zero-order chi connectivity index (χ0) is 16.2. The second kappa shape index (κ2) is 6.96. The maximum absolute atomic E-state index is 12.7. The Morgan fingerprint density at radius 1 is 1.35 bits per heavy atom. The molecule has 1 fully saturated rings. The van der Waals surface area contributed by atoms with Crippen molar-refractivity contribution < 1.29 is 4.79 Å². The minimum Gasteiger partial charge on any atom is -0.338 e. The summed E-state index contributed by atoms with van der Waals surface area (Å²) in [6.45, 7) is 3.54. The number of likely N-dealkylation sites (tertiary alicyclic amines) is 1. The molecule has 0 aliphatic carbocycles. The molecule has 1 aliphatic heterocycles. The molecule has 2 heterocycles. The van der Waals surface area contributed by atoms with Gasteiger partial charge in [0.1, 0.15) is 0 Å². The van der Waals surface area contributed by atoms with Crippen molar-refractivity contribution in [2.45, 2.75) is 32.2 Å². The number of benzene rings is 1. The summed E-state index contributed by atoms with van der Waals surface area (Å²) in [5.74, 6) is 0.629. The van der Waals surface area contributed by atoms with Crippen molar-refractivity contribution >= 4 is 5.91 Å². The number of carbonyl (C=O) groups is 1. The van der Waals surface area contributed by atoms with Crippen LogP contribution in [-0.4, -0.2) is 39.7 Å². The first kappa shape index (κ1) is 15.7. The van der Waals surface area contributed by atoms with Crippen molar-refractivity contribution in [2.24, 2.45) is 11.7 Å². The van der Waals surface area contributed by atoms with Gasteiger partial charge in [-0.1, -0.05) is 25.1 Å². The van der Waals surface area contributed by atoms with E-state index in [4.69, 9.17) is 5.73 Å². The first-order valence-electron chi connectivity index (χ1n) is 8.27. The van der Waals surface area contributed by atoms with Gasteiger partial charge in [-0.3, -0.25) is 4.79 Å². The molecule has 2 N–H and O–H groups in total. The predicted molar refractivity (Wildman–Crippen MR) is 90.2 cm³/mol. The number of nitrogens with two attached hydrogens (primary N) is 1. The normalized spacial score (nSPS) is 21.4. The van der Waals surface area contributed by atoms with Crippen LogP contribution in [0.5, 0.6) is 0 Å². The van der Waals surface area contributed by atoms with Gasteiger partial charge in [0.25, 0.3) is 0 Å². The lowest BCUT2D eigenvalue weighted by Crippen LogP contribution is -2.51. The van der Waals surface area contributed by atoms with Crippen molar-refractivity contribution in [3.8, 4) is 5.69 Å².